The van der Waals surface area contributed by atoms with E-state index in [2.05, 4.69) is 6.58 Å². The maximum atomic E-state index is 13.4. The highest BCUT2D eigenvalue weighted by atomic mass is 35.5. The number of benzene rings is 3. The quantitative estimate of drug-likeness (QED) is 0.487. The molecule has 3 aromatic rings. The molecule has 0 aliphatic heterocycles. The highest BCUT2D eigenvalue weighted by Gasteiger charge is 2.25. The number of hydrogen-bond donors (Lipinski definition) is 1. The molecule has 0 heterocycles. The molecule has 2 N–H and O–H groups in total. The van der Waals surface area contributed by atoms with Gasteiger partial charge in [-0.15, -0.1) is 6.58 Å². The molecule has 0 saturated heterocycles. The van der Waals surface area contributed by atoms with Crippen LogP contribution in [0.1, 0.15) is 20.7 Å². The van der Waals surface area contributed by atoms with E-state index in [4.69, 9.17) is 17.3 Å². The van der Waals surface area contributed by atoms with Gasteiger partial charge in [0.1, 0.15) is 0 Å². The Labute approximate surface area is 197 Å². The number of carbonyl (C=O) groups is 2. The first-order valence-corrected chi connectivity index (χ1v) is 11.6. The summed E-state index contributed by atoms with van der Waals surface area (Å²) >= 11 is 5.93. The lowest BCUT2D eigenvalue weighted by Crippen LogP contribution is -2.31. The van der Waals surface area contributed by atoms with Crippen molar-refractivity contribution in [2.45, 2.75) is 4.90 Å². The third-order valence-corrected chi connectivity index (χ3v) is 6.96. The number of nitrogens with zero attached hydrogens (tertiary/aromatic N) is 2. The van der Waals surface area contributed by atoms with Gasteiger partial charge in [-0.25, -0.2) is 8.42 Å². The Kier molecular flexibility index (Phi) is 7.20. The first-order valence-electron chi connectivity index (χ1n) is 9.82. The second kappa shape index (κ2) is 9.89. The summed E-state index contributed by atoms with van der Waals surface area (Å²) in [7, 11) is -2.44. The van der Waals surface area contributed by atoms with Gasteiger partial charge >= 0.3 is 0 Å². The minimum absolute atomic E-state index is 0.0360. The van der Waals surface area contributed by atoms with Gasteiger partial charge in [-0.05, 0) is 66.7 Å². The molecule has 0 aliphatic rings. The van der Waals surface area contributed by atoms with E-state index >= 15 is 0 Å². The fourth-order valence-corrected chi connectivity index (χ4v) is 4.75. The maximum Gasteiger partial charge on any atom is 0.264 e. The van der Waals surface area contributed by atoms with Crippen LogP contribution in [0, 0.1) is 0 Å². The van der Waals surface area contributed by atoms with Crippen molar-refractivity contribution >= 4 is 44.8 Å². The lowest BCUT2D eigenvalue weighted by atomic mass is 10.1. The molecule has 7 nitrogen and oxygen atoms in total. The number of hydrogen-bond acceptors (Lipinski definition) is 4. The van der Waals surface area contributed by atoms with Crippen LogP contribution in [0.15, 0.2) is 90.3 Å². The van der Waals surface area contributed by atoms with Crippen LogP contribution in [0.4, 0.5) is 11.4 Å². The smallest absolute Gasteiger partial charge is 0.264 e. The monoisotopic (exact) mass is 483 g/mol. The largest absolute Gasteiger partial charge is 0.366 e. The van der Waals surface area contributed by atoms with Crippen molar-refractivity contribution in [1.29, 1.82) is 0 Å². The highest BCUT2D eigenvalue weighted by molar-refractivity contribution is 7.92. The van der Waals surface area contributed by atoms with Gasteiger partial charge in [-0.1, -0.05) is 23.7 Å². The summed E-state index contributed by atoms with van der Waals surface area (Å²) in [4.78, 5) is 25.6. The molecule has 0 fully saturated rings. The standard InChI is InChI=1S/C24H22ClN3O4S/c1-3-15-28(21-13-9-19(25)10-14-21)33(31,32)22-6-4-5-18(16-22)24(30)27(2)20-11-7-17(8-12-20)23(26)29/h3-14,16H,1,15H2,2H3,(H2,26,29). The van der Waals surface area contributed by atoms with Crippen molar-refractivity contribution in [2.24, 2.45) is 5.73 Å². The van der Waals surface area contributed by atoms with Crippen LogP contribution in [0.5, 0.6) is 0 Å². The fraction of sp³-hybridized carbons (Fsp3) is 0.0833. The number of primary amides is 1. The Bertz CT molecular complexity index is 1290. The SMILES string of the molecule is C=CCN(c1ccc(Cl)cc1)S(=O)(=O)c1cccc(C(=O)N(C)c2ccc(C(N)=O)cc2)c1. The van der Waals surface area contributed by atoms with Gasteiger partial charge in [0.15, 0.2) is 0 Å². The van der Waals surface area contributed by atoms with Gasteiger partial charge in [0.25, 0.3) is 15.9 Å². The first kappa shape index (κ1) is 24.0. The Hall–Kier alpha value is -3.62. The van der Waals surface area contributed by atoms with Crippen LogP contribution in [0.3, 0.4) is 0 Å². The van der Waals surface area contributed by atoms with Crippen LogP contribution < -0.4 is 14.9 Å². The predicted octanol–water partition coefficient (Wildman–Crippen LogP) is 4.10. The summed E-state index contributed by atoms with van der Waals surface area (Å²) in [6.07, 6.45) is 1.48. The van der Waals surface area contributed by atoms with E-state index in [9.17, 15) is 18.0 Å². The first-order chi connectivity index (χ1) is 15.6. The zero-order valence-corrected chi connectivity index (χ0v) is 19.4. The lowest BCUT2D eigenvalue weighted by Gasteiger charge is -2.24. The molecule has 0 atom stereocenters. The fourth-order valence-electron chi connectivity index (χ4n) is 3.14. The molecular weight excluding hydrogens is 462 g/mol. The number of nitrogens with two attached hydrogens (primary N) is 1. The topological polar surface area (TPSA) is 101 Å². The number of sulfonamides is 1. The van der Waals surface area contributed by atoms with Crippen molar-refractivity contribution in [2.75, 3.05) is 22.8 Å². The molecule has 3 rings (SSSR count). The number of rotatable bonds is 8. The van der Waals surface area contributed by atoms with Gasteiger partial charge < -0.3 is 10.6 Å². The van der Waals surface area contributed by atoms with Crippen LogP contribution in [-0.4, -0.2) is 33.8 Å². The van der Waals surface area contributed by atoms with Crippen LogP contribution in [0.2, 0.25) is 5.02 Å². The molecule has 3 aromatic carbocycles. The number of anilines is 2. The molecule has 2 amide bonds. The van der Waals surface area contributed by atoms with Gasteiger partial charge in [0.05, 0.1) is 17.1 Å². The van der Waals surface area contributed by atoms with Crippen molar-refractivity contribution in [3.8, 4) is 0 Å². The highest BCUT2D eigenvalue weighted by Crippen LogP contribution is 2.26. The van der Waals surface area contributed by atoms with Crippen molar-refractivity contribution in [3.05, 3.63) is 102 Å². The summed E-state index contributed by atoms with van der Waals surface area (Å²) in [5.74, 6) is -0.987. The maximum absolute atomic E-state index is 13.4. The molecule has 0 saturated carbocycles. The molecule has 0 spiro atoms. The van der Waals surface area contributed by atoms with Crippen LogP contribution in [0.25, 0.3) is 0 Å². The molecule has 170 valence electrons. The summed E-state index contributed by atoms with van der Waals surface area (Å²) in [5, 5.41) is 0.481. The molecule has 0 aliphatic carbocycles. The summed E-state index contributed by atoms with van der Waals surface area (Å²) in [6.45, 7) is 3.68. The average molecular weight is 484 g/mol. The Morgan fingerprint density at radius 2 is 1.58 bits per heavy atom. The third-order valence-electron chi connectivity index (χ3n) is 4.92. The van der Waals surface area contributed by atoms with Crippen LogP contribution >= 0.6 is 11.6 Å². The van der Waals surface area contributed by atoms with Gasteiger partial charge in [0.2, 0.25) is 5.91 Å². The van der Waals surface area contributed by atoms with Crippen LogP contribution in [-0.2, 0) is 10.0 Å². The van der Waals surface area contributed by atoms with E-state index in [0.29, 0.717) is 22.0 Å². The second-order valence-corrected chi connectivity index (χ2v) is 9.40. The Balaban J connectivity index is 1.93. The van der Waals surface area contributed by atoms with E-state index in [1.165, 1.54) is 51.7 Å². The Morgan fingerprint density at radius 3 is 2.15 bits per heavy atom. The molecule has 0 bridgehead atoms. The predicted molar refractivity (Wildman–Crippen MR) is 130 cm³/mol. The summed E-state index contributed by atoms with van der Waals surface area (Å²) in [5.41, 5.74) is 6.69. The van der Waals surface area contributed by atoms with E-state index in [1.807, 2.05) is 0 Å². The average Bonchev–Trinajstić information content (AvgIpc) is 2.82. The zero-order valence-electron chi connectivity index (χ0n) is 17.8. The molecular formula is C24H22ClN3O4S. The lowest BCUT2D eigenvalue weighted by molar-refractivity contribution is 0.0989. The van der Waals surface area contributed by atoms with Crippen molar-refractivity contribution in [1.82, 2.24) is 0 Å². The molecule has 33 heavy (non-hydrogen) atoms. The molecule has 0 unspecified atom stereocenters. The molecule has 0 aromatic heterocycles. The van der Waals surface area contributed by atoms with Crippen molar-refractivity contribution < 1.29 is 18.0 Å². The number of carbonyl (C=O) groups excluding carboxylic acids is 2. The number of halogens is 1. The van der Waals surface area contributed by atoms with Crippen molar-refractivity contribution in [3.63, 3.8) is 0 Å². The van der Waals surface area contributed by atoms with E-state index in [1.54, 1.807) is 43.4 Å². The molecule has 0 radical (unpaired) electrons. The Morgan fingerprint density at radius 1 is 0.970 bits per heavy atom. The third kappa shape index (κ3) is 5.24. The zero-order chi connectivity index (χ0) is 24.2. The van der Waals surface area contributed by atoms with Gasteiger partial charge in [-0.2, -0.15) is 0 Å². The summed E-state index contributed by atoms with van der Waals surface area (Å²) in [6, 6.07) is 18.4. The van der Waals surface area contributed by atoms with Gasteiger partial charge in [0, 0.05) is 28.9 Å². The molecule has 9 heteroatoms. The van der Waals surface area contributed by atoms with Gasteiger partial charge in [-0.3, -0.25) is 13.9 Å². The van der Waals surface area contributed by atoms with E-state index < -0.39 is 21.8 Å². The summed E-state index contributed by atoms with van der Waals surface area (Å²) < 4.78 is 28.0. The second-order valence-electron chi connectivity index (χ2n) is 7.10. The van der Waals surface area contributed by atoms with E-state index in [-0.39, 0.29) is 17.0 Å². The normalized spacial score (nSPS) is 11.0. The minimum atomic E-state index is -3.99. The minimum Gasteiger partial charge on any atom is -0.366 e. The van der Waals surface area contributed by atoms with E-state index in [0.717, 1.165) is 0 Å². The number of amides is 2.